The predicted octanol–water partition coefficient (Wildman–Crippen LogP) is 3.74. The lowest BCUT2D eigenvalue weighted by molar-refractivity contribution is 0.523. The quantitative estimate of drug-likeness (QED) is 0.682. The van der Waals surface area contributed by atoms with Crippen LogP contribution in [-0.2, 0) is 0 Å². The smallest absolute Gasteiger partial charge is 0.139 e. The molecule has 3 nitrogen and oxygen atoms in total. The Morgan fingerprint density at radius 1 is 1.31 bits per heavy atom. The van der Waals surface area contributed by atoms with Crippen LogP contribution in [0.25, 0.3) is 0 Å². The molecule has 1 aromatic heterocycles. The van der Waals surface area contributed by atoms with Gasteiger partial charge in [0.15, 0.2) is 0 Å². The summed E-state index contributed by atoms with van der Waals surface area (Å²) in [6.45, 7) is 5.61. The Kier molecular flexibility index (Phi) is 6.23. The van der Waals surface area contributed by atoms with Crippen molar-refractivity contribution in [1.82, 2.24) is 4.37 Å². The van der Waals surface area contributed by atoms with Gasteiger partial charge in [-0.2, -0.15) is 4.37 Å². The minimum atomic E-state index is 0.615. The summed E-state index contributed by atoms with van der Waals surface area (Å²) >= 11 is 1.44. The number of nitrogens with zero attached hydrogens (tertiary/aromatic N) is 1. The standard InChI is InChI=1S/C12H23N3S/c1-10(2)7-5-3-4-6-8-14-12-9-11(13)15-16-12/h9-10,14H,3-8H2,1-2H3,(H2,13,15). The molecular formula is C12H23N3S. The lowest BCUT2D eigenvalue weighted by atomic mass is 10.0. The van der Waals surface area contributed by atoms with Gasteiger partial charge in [-0.3, -0.25) is 0 Å². The van der Waals surface area contributed by atoms with Crippen molar-refractivity contribution in [3.63, 3.8) is 0 Å². The average molecular weight is 241 g/mol. The van der Waals surface area contributed by atoms with Crippen molar-refractivity contribution < 1.29 is 0 Å². The van der Waals surface area contributed by atoms with Gasteiger partial charge < -0.3 is 11.1 Å². The molecule has 0 bridgehead atoms. The van der Waals surface area contributed by atoms with Crippen LogP contribution in [0.3, 0.4) is 0 Å². The molecule has 0 aliphatic heterocycles. The number of anilines is 2. The Hall–Kier alpha value is -0.770. The van der Waals surface area contributed by atoms with Crippen LogP contribution < -0.4 is 11.1 Å². The molecule has 4 heteroatoms. The fourth-order valence-electron chi connectivity index (χ4n) is 1.61. The van der Waals surface area contributed by atoms with E-state index in [-0.39, 0.29) is 0 Å². The second-order valence-corrected chi connectivity index (χ2v) is 5.44. The van der Waals surface area contributed by atoms with Crippen LogP contribution in [0.1, 0.15) is 46.0 Å². The first-order chi connectivity index (χ1) is 7.68. The first-order valence-electron chi connectivity index (χ1n) is 6.14. The molecule has 0 saturated carbocycles. The lowest BCUT2D eigenvalue weighted by Gasteiger charge is -2.05. The Bertz CT molecular complexity index is 284. The Morgan fingerprint density at radius 2 is 2.06 bits per heavy atom. The second kappa shape index (κ2) is 7.49. The third-order valence-electron chi connectivity index (χ3n) is 2.54. The number of nitrogen functional groups attached to an aromatic ring is 1. The van der Waals surface area contributed by atoms with Crippen LogP contribution >= 0.6 is 11.5 Å². The van der Waals surface area contributed by atoms with Crippen molar-refractivity contribution in [3.05, 3.63) is 6.07 Å². The molecule has 0 aromatic carbocycles. The molecule has 0 saturated heterocycles. The third kappa shape index (κ3) is 5.95. The van der Waals surface area contributed by atoms with Crippen LogP contribution in [0.5, 0.6) is 0 Å². The molecular weight excluding hydrogens is 218 g/mol. The number of hydrogen-bond donors (Lipinski definition) is 2. The van der Waals surface area contributed by atoms with Crippen molar-refractivity contribution in [2.75, 3.05) is 17.6 Å². The van der Waals surface area contributed by atoms with Crippen molar-refractivity contribution in [2.45, 2.75) is 46.0 Å². The van der Waals surface area contributed by atoms with E-state index < -0.39 is 0 Å². The third-order valence-corrected chi connectivity index (χ3v) is 3.30. The summed E-state index contributed by atoms with van der Waals surface area (Å²) in [5.41, 5.74) is 5.54. The van der Waals surface area contributed by atoms with Crippen LogP contribution in [0.15, 0.2) is 6.07 Å². The summed E-state index contributed by atoms with van der Waals surface area (Å²) in [6, 6.07) is 1.89. The molecule has 0 aliphatic rings. The predicted molar refractivity (Wildman–Crippen MR) is 72.9 cm³/mol. The van der Waals surface area contributed by atoms with Gasteiger partial charge in [-0.1, -0.05) is 39.5 Å². The van der Waals surface area contributed by atoms with E-state index in [1.807, 2.05) is 6.07 Å². The van der Waals surface area contributed by atoms with Crippen LogP contribution in [0.2, 0.25) is 0 Å². The maximum absolute atomic E-state index is 5.54. The zero-order chi connectivity index (χ0) is 11.8. The van der Waals surface area contributed by atoms with Crippen molar-refractivity contribution in [1.29, 1.82) is 0 Å². The molecule has 0 unspecified atom stereocenters. The van der Waals surface area contributed by atoms with Gasteiger partial charge in [0.2, 0.25) is 0 Å². The summed E-state index contributed by atoms with van der Waals surface area (Å²) in [6.07, 6.45) is 6.62. The summed E-state index contributed by atoms with van der Waals surface area (Å²) in [4.78, 5) is 0. The zero-order valence-corrected chi connectivity index (χ0v) is 11.1. The van der Waals surface area contributed by atoms with Gasteiger partial charge in [0, 0.05) is 12.6 Å². The van der Waals surface area contributed by atoms with E-state index >= 15 is 0 Å². The van der Waals surface area contributed by atoms with E-state index in [9.17, 15) is 0 Å². The maximum Gasteiger partial charge on any atom is 0.139 e. The van der Waals surface area contributed by atoms with Crippen molar-refractivity contribution in [3.8, 4) is 0 Å². The van der Waals surface area contributed by atoms with Crippen LogP contribution in [0.4, 0.5) is 10.8 Å². The van der Waals surface area contributed by atoms with Crippen LogP contribution in [-0.4, -0.2) is 10.9 Å². The topological polar surface area (TPSA) is 50.9 Å². The van der Waals surface area contributed by atoms with E-state index in [2.05, 4.69) is 23.5 Å². The number of hydrogen-bond acceptors (Lipinski definition) is 4. The van der Waals surface area contributed by atoms with Crippen molar-refractivity contribution in [2.24, 2.45) is 5.92 Å². The first-order valence-corrected chi connectivity index (χ1v) is 6.92. The SMILES string of the molecule is CC(C)CCCCCCNc1cc(N)ns1. The highest BCUT2D eigenvalue weighted by Gasteiger charge is 1.97. The van der Waals surface area contributed by atoms with Gasteiger partial charge in [0.25, 0.3) is 0 Å². The molecule has 3 N–H and O–H groups in total. The number of nitrogens with two attached hydrogens (primary N) is 1. The molecule has 0 spiro atoms. The Labute approximate surface area is 103 Å². The maximum atomic E-state index is 5.54. The molecule has 0 fully saturated rings. The molecule has 1 heterocycles. The van der Waals surface area contributed by atoms with E-state index in [0.29, 0.717) is 5.82 Å². The van der Waals surface area contributed by atoms with E-state index in [1.165, 1.54) is 43.6 Å². The fraction of sp³-hybridized carbons (Fsp3) is 0.750. The largest absolute Gasteiger partial charge is 0.383 e. The van der Waals surface area contributed by atoms with Gasteiger partial charge in [-0.15, -0.1) is 0 Å². The molecule has 0 amide bonds. The molecule has 0 radical (unpaired) electrons. The van der Waals surface area contributed by atoms with Crippen LogP contribution in [0, 0.1) is 5.92 Å². The number of aromatic nitrogens is 1. The summed E-state index contributed by atoms with van der Waals surface area (Å²) in [7, 11) is 0. The molecule has 1 aromatic rings. The van der Waals surface area contributed by atoms with Gasteiger partial charge >= 0.3 is 0 Å². The molecule has 0 aliphatic carbocycles. The summed E-state index contributed by atoms with van der Waals surface area (Å²) < 4.78 is 4.02. The Balaban J connectivity index is 1.92. The van der Waals surface area contributed by atoms with Gasteiger partial charge in [0.1, 0.15) is 10.8 Å². The number of rotatable bonds is 8. The average Bonchev–Trinajstić information content (AvgIpc) is 2.62. The Morgan fingerprint density at radius 3 is 2.69 bits per heavy atom. The molecule has 16 heavy (non-hydrogen) atoms. The van der Waals surface area contributed by atoms with Gasteiger partial charge in [0.05, 0.1) is 0 Å². The van der Waals surface area contributed by atoms with Crippen molar-refractivity contribution >= 4 is 22.4 Å². The summed E-state index contributed by atoms with van der Waals surface area (Å²) in [5, 5.41) is 4.42. The monoisotopic (exact) mass is 241 g/mol. The molecule has 0 atom stereocenters. The minimum absolute atomic E-state index is 0.615. The molecule has 1 rings (SSSR count). The number of nitrogens with one attached hydrogen (secondary N) is 1. The van der Waals surface area contributed by atoms with Gasteiger partial charge in [-0.05, 0) is 23.9 Å². The minimum Gasteiger partial charge on any atom is -0.383 e. The fourth-order valence-corrected chi connectivity index (χ4v) is 2.21. The highest BCUT2D eigenvalue weighted by molar-refractivity contribution is 7.10. The highest BCUT2D eigenvalue weighted by Crippen LogP contribution is 2.17. The lowest BCUT2D eigenvalue weighted by Crippen LogP contribution is -1.99. The van der Waals surface area contributed by atoms with Gasteiger partial charge in [-0.25, -0.2) is 0 Å². The highest BCUT2D eigenvalue weighted by atomic mass is 32.1. The zero-order valence-electron chi connectivity index (χ0n) is 10.3. The first kappa shape index (κ1) is 13.3. The normalized spacial score (nSPS) is 10.9. The van der Waals surface area contributed by atoms with E-state index in [0.717, 1.165) is 17.5 Å². The van der Waals surface area contributed by atoms with E-state index in [4.69, 9.17) is 5.73 Å². The second-order valence-electron chi connectivity index (χ2n) is 4.64. The number of unbranched alkanes of at least 4 members (excludes halogenated alkanes) is 3. The van der Waals surface area contributed by atoms with E-state index in [1.54, 1.807) is 0 Å². The summed E-state index contributed by atoms with van der Waals surface area (Å²) in [5.74, 6) is 1.46. The molecule has 92 valence electrons.